The molecule has 3 rings (SSSR count). The highest BCUT2D eigenvalue weighted by Crippen LogP contribution is 2.45. The van der Waals surface area contributed by atoms with Crippen molar-refractivity contribution in [2.24, 2.45) is 11.1 Å². The molecule has 1 aromatic heterocycles. The maximum Gasteiger partial charge on any atom is 0.231 e. The average Bonchev–Trinajstić information content (AvgIpc) is 3.19. The van der Waals surface area contributed by atoms with E-state index in [0.717, 1.165) is 35.1 Å². The van der Waals surface area contributed by atoms with Crippen molar-refractivity contribution in [3.63, 3.8) is 0 Å². The Balaban J connectivity index is 1.99. The average molecular weight is 255 g/mol. The third-order valence-electron chi connectivity index (χ3n) is 3.82. The topological polar surface area (TPSA) is 68.0 Å². The highest BCUT2D eigenvalue weighted by molar-refractivity contribution is 6.04. The third kappa shape index (κ3) is 2.08. The van der Waals surface area contributed by atoms with Gasteiger partial charge in [-0.1, -0.05) is 18.2 Å². The predicted molar refractivity (Wildman–Crippen MR) is 75.8 cm³/mol. The van der Waals surface area contributed by atoms with E-state index in [1.54, 1.807) is 0 Å². The summed E-state index contributed by atoms with van der Waals surface area (Å²) in [6, 6.07) is 9.73. The Kier molecular flexibility index (Phi) is 2.75. The van der Waals surface area contributed by atoms with Crippen LogP contribution in [0.4, 0.5) is 5.69 Å². The number of amides is 1. The van der Waals surface area contributed by atoms with Gasteiger partial charge in [-0.25, -0.2) is 0 Å². The molecule has 0 bridgehead atoms. The summed E-state index contributed by atoms with van der Waals surface area (Å²) in [7, 11) is 0. The lowest BCUT2D eigenvalue weighted by atomic mass is 10.1. The first-order chi connectivity index (χ1) is 9.14. The molecule has 0 atom stereocenters. The maximum atomic E-state index is 12.3. The Morgan fingerprint density at radius 3 is 2.84 bits per heavy atom. The predicted octanol–water partition coefficient (Wildman–Crippen LogP) is 2.22. The molecule has 4 nitrogen and oxygen atoms in total. The summed E-state index contributed by atoms with van der Waals surface area (Å²) in [6.45, 7) is 2.35. The van der Waals surface area contributed by atoms with Crippen LogP contribution < -0.4 is 11.1 Å². The summed E-state index contributed by atoms with van der Waals surface area (Å²) in [6.07, 6.45) is 1.77. The van der Waals surface area contributed by atoms with E-state index < -0.39 is 0 Å². The molecular formula is C15H17N3O. The van der Waals surface area contributed by atoms with E-state index in [4.69, 9.17) is 5.73 Å². The van der Waals surface area contributed by atoms with Crippen LogP contribution >= 0.6 is 0 Å². The van der Waals surface area contributed by atoms with Gasteiger partial charge < -0.3 is 11.1 Å². The Hall–Kier alpha value is -1.94. The van der Waals surface area contributed by atoms with Crippen LogP contribution in [0.3, 0.4) is 0 Å². The summed E-state index contributed by atoms with van der Waals surface area (Å²) in [5, 5.41) is 3.99. The Bertz CT molecular complexity index is 647. The van der Waals surface area contributed by atoms with Crippen molar-refractivity contribution in [2.45, 2.75) is 19.8 Å². The second-order valence-electron chi connectivity index (χ2n) is 5.27. The lowest BCUT2D eigenvalue weighted by molar-refractivity contribution is -0.120. The minimum atomic E-state index is -0.335. The van der Waals surface area contributed by atoms with Gasteiger partial charge in [0.1, 0.15) is 0 Å². The van der Waals surface area contributed by atoms with E-state index in [2.05, 4.69) is 10.3 Å². The number of carbonyl (C=O) groups is 1. The number of anilines is 1. The van der Waals surface area contributed by atoms with Crippen LogP contribution in [-0.2, 0) is 4.79 Å². The number of benzene rings is 1. The van der Waals surface area contributed by atoms with Crippen molar-refractivity contribution >= 4 is 22.5 Å². The molecule has 2 aromatic rings. The third-order valence-corrected chi connectivity index (χ3v) is 3.82. The smallest absolute Gasteiger partial charge is 0.231 e. The number of aromatic nitrogens is 1. The number of rotatable bonds is 3. The van der Waals surface area contributed by atoms with Crippen LogP contribution in [-0.4, -0.2) is 17.4 Å². The normalized spacial score (nSPS) is 16.3. The molecule has 19 heavy (non-hydrogen) atoms. The Morgan fingerprint density at radius 2 is 2.16 bits per heavy atom. The number of hydrogen-bond acceptors (Lipinski definition) is 3. The number of pyridine rings is 1. The zero-order valence-electron chi connectivity index (χ0n) is 10.9. The number of aryl methyl sites for hydroxylation is 1. The highest BCUT2D eigenvalue weighted by Gasteiger charge is 2.48. The summed E-state index contributed by atoms with van der Waals surface area (Å²) < 4.78 is 0. The second-order valence-corrected chi connectivity index (χ2v) is 5.27. The van der Waals surface area contributed by atoms with Crippen molar-refractivity contribution in [3.8, 4) is 0 Å². The fraction of sp³-hybridized carbons (Fsp3) is 0.333. The van der Waals surface area contributed by atoms with Crippen LogP contribution in [0.1, 0.15) is 18.5 Å². The van der Waals surface area contributed by atoms with Gasteiger partial charge in [-0.15, -0.1) is 0 Å². The molecule has 1 aliphatic carbocycles. The minimum Gasteiger partial charge on any atom is -0.329 e. The quantitative estimate of drug-likeness (QED) is 0.883. The molecule has 1 heterocycles. The lowest BCUT2D eigenvalue weighted by Gasteiger charge is -2.14. The first kappa shape index (κ1) is 12.1. The Labute approximate surface area is 112 Å². The van der Waals surface area contributed by atoms with Crippen molar-refractivity contribution in [2.75, 3.05) is 11.9 Å². The zero-order valence-corrected chi connectivity index (χ0v) is 10.9. The molecule has 98 valence electrons. The molecule has 0 aliphatic heterocycles. The van der Waals surface area contributed by atoms with E-state index in [-0.39, 0.29) is 11.3 Å². The van der Waals surface area contributed by atoms with Gasteiger partial charge in [-0.3, -0.25) is 9.78 Å². The van der Waals surface area contributed by atoms with Crippen molar-refractivity contribution < 1.29 is 4.79 Å². The molecule has 1 aromatic carbocycles. The van der Waals surface area contributed by atoms with Crippen molar-refractivity contribution in [1.82, 2.24) is 4.98 Å². The van der Waals surface area contributed by atoms with Crippen LogP contribution in [0.25, 0.3) is 10.9 Å². The van der Waals surface area contributed by atoms with E-state index in [1.165, 1.54) is 0 Å². The van der Waals surface area contributed by atoms with Gasteiger partial charge in [0.2, 0.25) is 5.91 Å². The monoisotopic (exact) mass is 255 g/mol. The van der Waals surface area contributed by atoms with E-state index in [0.29, 0.717) is 6.54 Å². The number of nitrogens with zero attached hydrogens (tertiary/aromatic N) is 1. The van der Waals surface area contributed by atoms with E-state index >= 15 is 0 Å². The molecule has 1 fully saturated rings. The van der Waals surface area contributed by atoms with Gasteiger partial charge in [-0.05, 0) is 31.9 Å². The van der Waals surface area contributed by atoms with Crippen LogP contribution in [0.15, 0.2) is 30.3 Å². The standard InChI is InChI=1S/C15H17N3O/c1-10-8-13(11-4-2-3-5-12(11)17-10)18-14(19)15(9-16)6-7-15/h2-5,8H,6-7,9,16H2,1H3,(H,17,18,19). The van der Waals surface area contributed by atoms with Crippen LogP contribution in [0.2, 0.25) is 0 Å². The summed E-state index contributed by atoms with van der Waals surface area (Å²) >= 11 is 0. The number of para-hydroxylation sites is 1. The van der Waals surface area contributed by atoms with Crippen molar-refractivity contribution in [1.29, 1.82) is 0 Å². The molecule has 1 saturated carbocycles. The second kappa shape index (κ2) is 4.31. The summed E-state index contributed by atoms with van der Waals surface area (Å²) in [5.41, 5.74) is 7.98. The summed E-state index contributed by atoms with van der Waals surface area (Å²) in [4.78, 5) is 16.7. The molecular weight excluding hydrogens is 238 g/mol. The Morgan fingerprint density at radius 1 is 1.42 bits per heavy atom. The fourth-order valence-corrected chi connectivity index (χ4v) is 2.34. The number of hydrogen-bond donors (Lipinski definition) is 2. The van der Waals surface area contributed by atoms with Gasteiger partial charge >= 0.3 is 0 Å². The first-order valence-corrected chi connectivity index (χ1v) is 6.52. The molecule has 4 heteroatoms. The van der Waals surface area contributed by atoms with Gasteiger partial charge in [0.15, 0.2) is 0 Å². The SMILES string of the molecule is Cc1cc(NC(=O)C2(CN)CC2)c2ccccc2n1. The largest absolute Gasteiger partial charge is 0.329 e. The summed E-state index contributed by atoms with van der Waals surface area (Å²) in [5.74, 6) is 0.0331. The van der Waals surface area contributed by atoms with Gasteiger partial charge in [0, 0.05) is 17.6 Å². The fourth-order valence-electron chi connectivity index (χ4n) is 2.34. The van der Waals surface area contributed by atoms with Crippen molar-refractivity contribution in [3.05, 3.63) is 36.0 Å². The lowest BCUT2D eigenvalue weighted by Crippen LogP contribution is -2.30. The van der Waals surface area contributed by atoms with Gasteiger partial charge in [-0.2, -0.15) is 0 Å². The van der Waals surface area contributed by atoms with Crippen LogP contribution in [0, 0.1) is 12.3 Å². The molecule has 1 amide bonds. The maximum absolute atomic E-state index is 12.3. The number of carbonyl (C=O) groups excluding carboxylic acids is 1. The zero-order chi connectivity index (χ0) is 13.5. The highest BCUT2D eigenvalue weighted by atomic mass is 16.2. The van der Waals surface area contributed by atoms with E-state index in [1.807, 2.05) is 37.3 Å². The van der Waals surface area contributed by atoms with Crippen LogP contribution in [0.5, 0.6) is 0 Å². The first-order valence-electron chi connectivity index (χ1n) is 6.52. The molecule has 1 aliphatic rings. The van der Waals surface area contributed by atoms with E-state index in [9.17, 15) is 4.79 Å². The minimum absolute atomic E-state index is 0.0331. The number of nitrogens with two attached hydrogens (primary N) is 1. The van der Waals surface area contributed by atoms with Gasteiger partial charge in [0.05, 0.1) is 16.6 Å². The molecule has 0 radical (unpaired) electrons. The molecule has 0 unspecified atom stereocenters. The molecule has 0 spiro atoms. The molecule has 0 saturated heterocycles. The number of fused-ring (bicyclic) bond motifs is 1. The van der Waals surface area contributed by atoms with Gasteiger partial charge in [0.25, 0.3) is 0 Å². The number of nitrogens with one attached hydrogen (secondary N) is 1. The molecule has 3 N–H and O–H groups in total.